The Bertz CT molecular complexity index is 2260. The second kappa shape index (κ2) is 13.2. The Hall–Kier alpha value is -7.08. The molecule has 12 heteroatoms. The molecule has 5 aromatic carbocycles. The van der Waals surface area contributed by atoms with Gasteiger partial charge in [-0.25, -0.2) is 18.4 Å². The number of benzene rings is 5. The SMILES string of the molecule is Fc1ccc(Nc2nc(Nc3ccc(F)cc3)nc(-c3cn(-c4ccc(-c5nc(-c6ccccc6)c(-c6ccccc6)o5)cc4)nn3)n2)cc1. The van der Waals surface area contributed by atoms with E-state index in [1.165, 1.54) is 24.3 Å². The zero-order valence-corrected chi connectivity index (χ0v) is 26.1. The number of oxazole rings is 1. The lowest BCUT2D eigenvalue weighted by Gasteiger charge is -2.09. The fourth-order valence-electron chi connectivity index (χ4n) is 5.20. The summed E-state index contributed by atoms with van der Waals surface area (Å²) in [6.45, 7) is 0. The zero-order valence-electron chi connectivity index (χ0n) is 26.1. The van der Waals surface area contributed by atoms with Crippen LogP contribution in [0.25, 0.3) is 51.2 Å². The molecule has 0 aliphatic heterocycles. The van der Waals surface area contributed by atoms with E-state index in [1.807, 2.05) is 84.9 Å². The molecule has 3 aromatic heterocycles. The molecule has 0 saturated heterocycles. The van der Waals surface area contributed by atoms with Crippen LogP contribution >= 0.6 is 0 Å². The van der Waals surface area contributed by atoms with Gasteiger partial charge in [0, 0.05) is 28.1 Å². The highest BCUT2D eigenvalue weighted by atomic mass is 19.1. The number of aromatic nitrogens is 7. The van der Waals surface area contributed by atoms with Crippen molar-refractivity contribution in [1.29, 1.82) is 0 Å². The molecule has 0 unspecified atom stereocenters. The van der Waals surface area contributed by atoms with Crippen LogP contribution in [0, 0.1) is 11.6 Å². The standard InChI is InChI=1S/C38H25F2N9O/c39-27-13-17-29(18-14-27)41-37-44-35(45-38(46-37)42-30-19-15-28(40)16-20-30)32-23-49(48-47-32)31-21-11-26(12-22-31)36-43-33(24-7-3-1-4-8-24)34(50-36)25-9-5-2-6-10-25/h1-23H,(H2,41,42,44,45,46). The smallest absolute Gasteiger partial charge is 0.232 e. The van der Waals surface area contributed by atoms with Gasteiger partial charge in [-0.15, -0.1) is 5.10 Å². The van der Waals surface area contributed by atoms with Crippen LogP contribution in [-0.4, -0.2) is 34.9 Å². The van der Waals surface area contributed by atoms with Crippen molar-refractivity contribution in [1.82, 2.24) is 34.9 Å². The van der Waals surface area contributed by atoms with Gasteiger partial charge in [0.2, 0.25) is 17.8 Å². The first-order valence-corrected chi connectivity index (χ1v) is 15.5. The van der Waals surface area contributed by atoms with Gasteiger partial charge in [0.25, 0.3) is 0 Å². The molecule has 0 amide bonds. The van der Waals surface area contributed by atoms with Crippen molar-refractivity contribution < 1.29 is 13.2 Å². The molecule has 0 spiro atoms. The van der Waals surface area contributed by atoms with Gasteiger partial charge in [-0.2, -0.15) is 15.0 Å². The van der Waals surface area contributed by atoms with E-state index >= 15 is 0 Å². The van der Waals surface area contributed by atoms with E-state index in [-0.39, 0.29) is 29.4 Å². The van der Waals surface area contributed by atoms with Crippen LogP contribution in [0.15, 0.2) is 144 Å². The first kappa shape index (κ1) is 30.3. The summed E-state index contributed by atoms with van der Waals surface area (Å²) in [6.07, 6.45) is 1.69. The third-order valence-corrected chi connectivity index (χ3v) is 7.65. The number of anilines is 4. The van der Waals surface area contributed by atoms with Crippen LogP contribution in [0.2, 0.25) is 0 Å². The Morgan fingerprint density at radius 3 is 1.68 bits per heavy atom. The molecule has 0 atom stereocenters. The predicted octanol–water partition coefficient (Wildman–Crippen LogP) is 8.87. The van der Waals surface area contributed by atoms with Gasteiger partial charge in [0.15, 0.2) is 17.3 Å². The van der Waals surface area contributed by atoms with Crippen molar-refractivity contribution in [2.45, 2.75) is 0 Å². The third kappa shape index (κ3) is 6.53. The van der Waals surface area contributed by atoms with E-state index in [4.69, 9.17) is 9.40 Å². The van der Waals surface area contributed by atoms with Crippen molar-refractivity contribution in [2.24, 2.45) is 0 Å². The molecule has 0 aliphatic rings. The number of nitrogens with zero attached hydrogens (tertiary/aromatic N) is 7. The van der Waals surface area contributed by atoms with Gasteiger partial charge in [-0.3, -0.25) is 0 Å². The summed E-state index contributed by atoms with van der Waals surface area (Å²) in [4.78, 5) is 18.4. The van der Waals surface area contributed by atoms with E-state index in [9.17, 15) is 8.78 Å². The first-order valence-electron chi connectivity index (χ1n) is 15.5. The zero-order chi connectivity index (χ0) is 33.9. The molecule has 242 valence electrons. The molecular formula is C38H25F2N9O. The molecule has 2 N–H and O–H groups in total. The topological polar surface area (TPSA) is 119 Å². The van der Waals surface area contributed by atoms with Crippen molar-refractivity contribution in [2.75, 3.05) is 10.6 Å². The lowest BCUT2D eigenvalue weighted by Crippen LogP contribution is -2.05. The molecule has 0 bridgehead atoms. The van der Waals surface area contributed by atoms with Crippen LogP contribution < -0.4 is 10.6 Å². The molecule has 0 saturated carbocycles. The maximum atomic E-state index is 13.5. The van der Waals surface area contributed by atoms with Crippen LogP contribution in [0.3, 0.4) is 0 Å². The van der Waals surface area contributed by atoms with Gasteiger partial charge in [0.1, 0.15) is 17.3 Å². The number of halogens is 2. The maximum Gasteiger partial charge on any atom is 0.232 e. The molecule has 3 heterocycles. The quantitative estimate of drug-likeness (QED) is 0.156. The van der Waals surface area contributed by atoms with Crippen LogP contribution in [0.4, 0.5) is 32.1 Å². The van der Waals surface area contributed by atoms with Gasteiger partial charge >= 0.3 is 0 Å². The Kier molecular flexibility index (Phi) is 7.99. The number of hydrogen-bond acceptors (Lipinski definition) is 9. The minimum absolute atomic E-state index is 0.181. The molecule has 0 aliphatic carbocycles. The number of hydrogen-bond donors (Lipinski definition) is 2. The van der Waals surface area contributed by atoms with Crippen LogP contribution in [0.1, 0.15) is 0 Å². The molecule has 8 aromatic rings. The highest BCUT2D eigenvalue weighted by Crippen LogP contribution is 2.36. The lowest BCUT2D eigenvalue weighted by molar-refractivity contribution is 0.589. The summed E-state index contributed by atoms with van der Waals surface area (Å²) in [5.41, 5.74) is 5.67. The summed E-state index contributed by atoms with van der Waals surface area (Å²) < 4.78 is 35.0. The average Bonchev–Trinajstić information content (AvgIpc) is 3.84. The molecule has 0 radical (unpaired) electrons. The minimum Gasteiger partial charge on any atom is -0.435 e. The lowest BCUT2D eigenvalue weighted by atomic mass is 10.1. The molecular weight excluding hydrogens is 636 g/mol. The second-order valence-electron chi connectivity index (χ2n) is 11.1. The van der Waals surface area contributed by atoms with Crippen molar-refractivity contribution in [3.63, 3.8) is 0 Å². The second-order valence-corrected chi connectivity index (χ2v) is 11.1. The molecule has 0 fully saturated rings. The highest BCUT2D eigenvalue weighted by molar-refractivity contribution is 5.79. The van der Waals surface area contributed by atoms with Crippen molar-refractivity contribution in [3.8, 4) is 51.2 Å². The Morgan fingerprint density at radius 1 is 0.540 bits per heavy atom. The summed E-state index contributed by atoms with van der Waals surface area (Å²) >= 11 is 0. The van der Waals surface area contributed by atoms with Crippen LogP contribution in [0.5, 0.6) is 0 Å². The van der Waals surface area contributed by atoms with Gasteiger partial charge in [-0.1, -0.05) is 65.9 Å². The van der Waals surface area contributed by atoms with Crippen molar-refractivity contribution in [3.05, 3.63) is 151 Å². The fourth-order valence-corrected chi connectivity index (χ4v) is 5.20. The third-order valence-electron chi connectivity index (χ3n) is 7.65. The van der Waals surface area contributed by atoms with Gasteiger partial charge < -0.3 is 15.1 Å². The Morgan fingerprint density at radius 2 is 1.10 bits per heavy atom. The first-order chi connectivity index (χ1) is 24.5. The van der Waals surface area contributed by atoms with Crippen molar-refractivity contribution >= 4 is 23.3 Å². The summed E-state index contributed by atoms with van der Waals surface area (Å²) in [5.74, 6) is 1.02. The summed E-state index contributed by atoms with van der Waals surface area (Å²) in [7, 11) is 0. The van der Waals surface area contributed by atoms with E-state index < -0.39 is 0 Å². The van der Waals surface area contributed by atoms with E-state index in [0.717, 1.165) is 28.1 Å². The number of rotatable bonds is 9. The Labute approximate surface area is 284 Å². The normalized spacial score (nSPS) is 11.0. The molecule has 10 nitrogen and oxygen atoms in total. The molecule has 50 heavy (non-hydrogen) atoms. The largest absolute Gasteiger partial charge is 0.435 e. The summed E-state index contributed by atoms with van der Waals surface area (Å²) in [6, 6.07) is 39.0. The predicted molar refractivity (Wildman–Crippen MR) is 186 cm³/mol. The minimum atomic E-state index is -0.371. The monoisotopic (exact) mass is 661 g/mol. The fraction of sp³-hybridized carbons (Fsp3) is 0. The average molecular weight is 662 g/mol. The van der Waals surface area contributed by atoms with Crippen LogP contribution in [-0.2, 0) is 0 Å². The molecule has 8 rings (SSSR count). The highest BCUT2D eigenvalue weighted by Gasteiger charge is 2.19. The van der Waals surface area contributed by atoms with E-state index in [0.29, 0.717) is 28.7 Å². The van der Waals surface area contributed by atoms with E-state index in [1.54, 1.807) is 35.1 Å². The van der Waals surface area contributed by atoms with Gasteiger partial charge in [0.05, 0.1) is 11.9 Å². The maximum absolute atomic E-state index is 13.5. The van der Waals surface area contributed by atoms with E-state index in [2.05, 4.69) is 35.9 Å². The Balaban J connectivity index is 1.09. The number of nitrogens with one attached hydrogen (secondary N) is 2. The summed E-state index contributed by atoms with van der Waals surface area (Å²) in [5, 5.41) is 14.8. The van der Waals surface area contributed by atoms with Gasteiger partial charge in [-0.05, 0) is 72.8 Å².